The summed E-state index contributed by atoms with van der Waals surface area (Å²) in [7, 11) is 0. The number of nitrogens with zero attached hydrogens (tertiary/aromatic N) is 1. The first-order valence-corrected chi connectivity index (χ1v) is 8.72. The molecule has 1 N–H and O–H groups in total. The maximum Gasteiger partial charge on any atom is 0.241 e. The molecule has 1 aromatic rings. The second-order valence-electron chi connectivity index (χ2n) is 7.29. The van der Waals surface area contributed by atoms with E-state index in [1.807, 2.05) is 0 Å². The van der Waals surface area contributed by atoms with Crippen LogP contribution < -0.4 is 5.32 Å². The topological polar surface area (TPSA) is 32.3 Å². The molecule has 0 bridgehead atoms. The van der Waals surface area contributed by atoms with Gasteiger partial charge in [-0.3, -0.25) is 9.69 Å². The van der Waals surface area contributed by atoms with E-state index >= 15 is 0 Å². The van der Waals surface area contributed by atoms with Crippen molar-refractivity contribution in [2.24, 2.45) is 5.92 Å². The Bertz CT molecular complexity index is 540. The van der Waals surface area contributed by atoms with Crippen molar-refractivity contribution in [3.05, 3.63) is 35.4 Å². The average molecular weight is 300 g/mol. The van der Waals surface area contributed by atoms with Gasteiger partial charge in [0, 0.05) is 13.0 Å². The van der Waals surface area contributed by atoms with Crippen molar-refractivity contribution in [1.82, 2.24) is 10.2 Å². The minimum absolute atomic E-state index is 0.243. The summed E-state index contributed by atoms with van der Waals surface area (Å²) in [5.74, 6) is 0.923. The summed E-state index contributed by atoms with van der Waals surface area (Å²) >= 11 is 0. The summed E-state index contributed by atoms with van der Waals surface area (Å²) in [5, 5.41) is 3.20. The summed E-state index contributed by atoms with van der Waals surface area (Å²) in [5.41, 5.74) is 2.30. The molecule has 1 spiro atoms. The molecule has 3 nitrogen and oxygen atoms in total. The van der Waals surface area contributed by atoms with Gasteiger partial charge in [0.05, 0.1) is 0 Å². The Balaban J connectivity index is 1.91. The molecule has 0 aromatic heterocycles. The van der Waals surface area contributed by atoms with Crippen LogP contribution in [0.4, 0.5) is 0 Å². The molecule has 3 rings (SSSR count). The summed E-state index contributed by atoms with van der Waals surface area (Å²) in [6.07, 6.45) is 5.40. The Labute approximate surface area is 134 Å². The van der Waals surface area contributed by atoms with Crippen molar-refractivity contribution in [3.63, 3.8) is 0 Å². The van der Waals surface area contributed by atoms with Crippen molar-refractivity contribution in [3.8, 4) is 0 Å². The van der Waals surface area contributed by atoms with E-state index in [9.17, 15) is 4.79 Å². The lowest BCUT2D eigenvalue weighted by Gasteiger charge is -2.45. The van der Waals surface area contributed by atoms with Crippen LogP contribution in [0.25, 0.3) is 0 Å². The van der Waals surface area contributed by atoms with Gasteiger partial charge in [0.15, 0.2) is 0 Å². The maximum atomic E-state index is 13.0. The number of hydrogen-bond donors (Lipinski definition) is 1. The van der Waals surface area contributed by atoms with Gasteiger partial charge in [-0.2, -0.15) is 0 Å². The molecular formula is C19H28N2O. The van der Waals surface area contributed by atoms with Crippen LogP contribution in [0.1, 0.15) is 50.7 Å². The summed E-state index contributed by atoms with van der Waals surface area (Å²) in [6.45, 7) is 7.29. The molecular weight excluding hydrogens is 272 g/mol. The number of nitrogens with one attached hydrogen (secondary N) is 1. The summed E-state index contributed by atoms with van der Waals surface area (Å²) in [6, 6.07) is 8.52. The van der Waals surface area contributed by atoms with Crippen molar-refractivity contribution >= 4 is 5.91 Å². The number of benzene rings is 1. The highest BCUT2D eigenvalue weighted by atomic mass is 16.2. The third-order valence-electron chi connectivity index (χ3n) is 5.31. The Hall–Kier alpha value is -1.35. The van der Waals surface area contributed by atoms with Crippen LogP contribution in [0, 0.1) is 5.92 Å². The van der Waals surface area contributed by atoms with Gasteiger partial charge in [-0.1, -0.05) is 38.1 Å². The molecule has 0 radical (unpaired) electrons. The van der Waals surface area contributed by atoms with Gasteiger partial charge in [-0.05, 0) is 55.8 Å². The number of amides is 1. The fourth-order valence-corrected chi connectivity index (χ4v) is 3.93. The molecule has 2 heterocycles. The van der Waals surface area contributed by atoms with Gasteiger partial charge in [0.1, 0.15) is 5.54 Å². The first-order valence-electron chi connectivity index (χ1n) is 8.72. The number of fused-ring (bicyclic) bond motifs is 1. The SMILES string of the molecule is CC(C)CCN1CCCCC12Cc1ccccc1CNC2=O. The Morgan fingerprint density at radius 3 is 2.77 bits per heavy atom. The maximum absolute atomic E-state index is 13.0. The van der Waals surface area contributed by atoms with Crippen LogP contribution in [-0.4, -0.2) is 29.4 Å². The smallest absolute Gasteiger partial charge is 0.241 e. The monoisotopic (exact) mass is 300 g/mol. The van der Waals surface area contributed by atoms with Crippen molar-refractivity contribution in [2.75, 3.05) is 13.1 Å². The molecule has 1 fully saturated rings. The first-order chi connectivity index (χ1) is 10.6. The fourth-order valence-electron chi connectivity index (χ4n) is 3.93. The van der Waals surface area contributed by atoms with Gasteiger partial charge in [0.2, 0.25) is 5.91 Å². The van der Waals surface area contributed by atoms with E-state index < -0.39 is 0 Å². The molecule has 1 aromatic carbocycles. The van der Waals surface area contributed by atoms with Crippen LogP contribution in [0.2, 0.25) is 0 Å². The molecule has 2 aliphatic heterocycles. The Kier molecular flexibility index (Phi) is 4.53. The van der Waals surface area contributed by atoms with Crippen molar-refractivity contribution in [1.29, 1.82) is 0 Å². The first kappa shape index (κ1) is 15.5. The van der Waals surface area contributed by atoms with E-state index in [0.29, 0.717) is 12.5 Å². The number of piperidine rings is 1. The number of likely N-dealkylation sites (tertiary alicyclic amines) is 1. The van der Waals surface area contributed by atoms with E-state index in [1.54, 1.807) is 0 Å². The van der Waals surface area contributed by atoms with Gasteiger partial charge >= 0.3 is 0 Å². The van der Waals surface area contributed by atoms with Gasteiger partial charge in [-0.15, -0.1) is 0 Å². The van der Waals surface area contributed by atoms with Crippen LogP contribution >= 0.6 is 0 Å². The minimum Gasteiger partial charge on any atom is -0.350 e. The predicted octanol–water partition coefficient (Wildman–Crippen LogP) is 3.13. The van der Waals surface area contributed by atoms with Crippen molar-refractivity contribution < 1.29 is 4.79 Å². The quantitative estimate of drug-likeness (QED) is 0.930. The molecule has 2 aliphatic rings. The van der Waals surface area contributed by atoms with Gasteiger partial charge < -0.3 is 5.32 Å². The lowest BCUT2D eigenvalue weighted by Crippen LogP contribution is -2.61. The lowest BCUT2D eigenvalue weighted by molar-refractivity contribution is -0.136. The molecule has 120 valence electrons. The van der Waals surface area contributed by atoms with E-state index in [1.165, 1.54) is 17.5 Å². The highest BCUT2D eigenvalue weighted by Crippen LogP contribution is 2.35. The molecule has 1 atom stereocenters. The standard InChI is InChI=1S/C19H28N2O/c1-15(2)9-12-21-11-6-5-10-19(21)13-16-7-3-4-8-17(16)14-20-18(19)22/h3-4,7-8,15H,5-6,9-14H2,1-2H3,(H,20,22). The van der Waals surface area contributed by atoms with Gasteiger partial charge in [-0.25, -0.2) is 0 Å². The Morgan fingerprint density at radius 2 is 2.00 bits per heavy atom. The molecule has 1 saturated heterocycles. The normalized spacial score (nSPS) is 25.9. The summed E-state index contributed by atoms with van der Waals surface area (Å²) in [4.78, 5) is 15.4. The second-order valence-corrected chi connectivity index (χ2v) is 7.29. The van der Waals surface area contributed by atoms with E-state index in [0.717, 1.165) is 38.8 Å². The number of carbonyl (C=O) groups excluding carboxylic acids is 1. The lowest BCUT2D eigenvalue weighted by atomic mass is 9.80. The second kappa shape index (κ2) is 6.41. The number of hydrogen-bond acceptors (Lipinski definition) is 2. The average Bonchev–Trinajstić information content (AvgIpc) is 2.65. The van der Waals surface area contributed by atoms with Crippen molar-refractivity contribution in [2.45, 2.75) is 58.0 Å². The Morgan fingerprint density at radius 1 is 1.23 bits per heavy atom. The fraction of sp³-hybridized carbons (Fsp3) is 0.632. The van der Waals surface area contributed by atoms with E-state index in [2.05, 4.69) is 48.3 Å². The zero-order valence-electron chi connectivity index (χ0n) is 13.9. The highest BCUT2D eigenvalue weighted by Gasteiger charge is 2.46. The van der Waals surface area contributed by atoms with E-state index in [-0.39, 0.29) is 11.4 Å². The number of rotatable bonds is 3. The molecule has 0 aliphatic carbocycles. The van der Waals surface area contributed by atoms with Crippen LogP contribution in [-0.2, 0) is 17.8 Å². The molecule has 22 heavy (non-hydrogen) atoms. The third-order valence-corrected chi connectivity index (χ3v) is 5.31. The molecule has 1 unspecified atom stereocenters. The minimum atomic E-state index is -0.320. The predicted molar refractivity (Wildman–Crippen MR) is 89.6 cm³/mol. The zero-order valence-corrected chi connectivity index (χ0v) is 13.9. The molecule has 0 saturated carbocycles. The van der Waals surface area contributed by atoms with Crippen LogP contribution in [0.15, 0.2) is 24.3 Å². The third kappa shape index (κ3) is 2.91. The molecule has 3 heteroatoms. The van der Waals surface area contributed by atoms with Crippen LogP contribution in [0.5, 0.6) is 0 Å². The number of carbonyl (C=O) groups is 1. The van der Waals surface area contributed by atoms with E-state index in [4.69, 9.17) is 0 Å². The largest absolute Gasteiger partial charge is 0.350 e. The van der Waals surface area contributed by atoms with Gasteiger partial charge in [0.25, 0.3) is 0 Å². The van der Waals surface area contributed by atoms with Crippen LogP contribution in [0.3, 0.4) is 0 Å². The highest BCUT2D eigenvalue weighted by molar-refractivity contribution is 5.87. The molecule has 1 amide bonds. The summed E-state index contributed by atoms with van der Waals surface area (Å²) < 4.78 is 0. The zero-order chi connectivity index (χ0) is 15.6.